The van der Waals surface area contributed by atoms with E-state index >= 15 is 0 Å². The Hall–Kier alpha value is -2.38. The van der Waals surface area contributed by atoms with Crippen molar-refractivity contribution in [1.82, 2.24) is 4.90 Å². The van der Waals surface area contributed by atoms with Crippen molar-refractivity contribution in [2.45, 2.75) is 30.7 Å². The molecule has 0 radical (unpaired) electrons. The van der Waals surface area contributed by atoms with Crippen LogP contribution in [0.5, 0.6) is 0 Å². The third-order valence-electron chi connectivity index (χ3n) is 5.07. The van der Waals surface area contributed by atoms with Gasteiger partial charge in [0.2, 0.25) is 0 Å². The number of rotatable bonds is 4. The van der Waals surface area contributed by atoms with Gasteiger partial charge in [0.1, 0.15) is 6.04 Å². The molecule has 0 bridgehead atoms. The molecule has 1 aliphatic heterocycles. The number of hydrogen-bond acceptors (Lipinski definition) is 3. The van der Waals surface area contributed by atoms with Crippen molar-refractivity contribution in [3.63, 3.8) is 0 Å². The monoisotopic (exact) mass is 379 g/mol. The Morgan fingerprint density at radius 2 is 1.67 bits per heavy atom. The van der Waals surface area contributed by atoms with Gasteiger partial charge in [-0.3, -0.25) is 9.69 Å². The summed E-state index contributed by atoms with van der Waals surface area (Å²) in [7, 11) is 0. The standard InChI is InChI=1S/C20H20F3NO3/c21-20(22,23)16-8-4-7-15(13-16)19(27)9-11-24(12-10-19)17(18(25)26)14-5-2-1-3-6-14/h1-8,13,17,27H,9-12H2,(H,25,26). The van der Waals surface area contributed by atoms with Crippen molar-refractivity contribution in [3.05, 3.63) is 71.3 Å². The smallest absolute Gasteiger partial charge is 0.416 e. The van der Waals surface area contributed by atoms with Crippen molar-refractivity contribution in [2.24, 2.45) is 0 Å². The van der Waals surface area contributed by atoms with Crippen molar-refractivity contribution in [2.75, 3.05) is 13.1 Å². The summed E-state index contributed by atoms with van der Waals surface area (Å²) in [5.74, 6) is -0.995. The number of alkyl halides is 3. The van der Waals surface area contributed by atoms with Crippen molar-refractivity contribution < 1.29 is 28.2 Å². The largest absolute Gasteiger partial charge is 0.480 e. The van der Waals surface area contributed by atoms with Crippen LogP contribution in [0, 0.1) is 0 Å². The second-order valence-electron chi connectivity index (χ2n) is 6.80. The lowest BCUT2D eigenvalue weighted by molar-refractivity contribution is -0.146. The average molecular weight is 379 g/mol. The summed E-state index contributed by atoms with van der Waals surface area (Å²) < 4.78 is 38.8. The van der Waals surface area contributed by atoms with Crippen LogP contribution in [0.3, 0.4) is 0 Å². The number of aliphatic hydroxyl groups is 1. The maximum Gasteiger partial charge on any atom is 0.416 e. The molecule has 0 amide bonds. The van der Waals surface area contributed by atoms with E-state index in [1.165, 1.54) is 12.1 Å². The lowest BCUT2D eigenvalue weighted by Crippen LogP contribution is -2.46. The average Bonchev–Trinajstić information content (AvgIpc) is 2.64. The number of hydrogen-bond donors (Lipinski definition) is 2. The van der Waals surface area contributed by atoms with Gasteiger partial charge >= 0.3 is 12.1 Å². The second kappa shape index (κ2) is 7.32. The van der Waals surface area contributed by atoms with Crippen molar-refractivity contribution >= 4 is 5.97 Å². The Bertz CT molecular complexity index is 800. The van der Waals surface area contributed by atoms with E-state index in [0.717, 1.165) is 12.1 Å². The van der Waals surface area contributed by atoms with Gasteiger partial charge in [-0.1, -0.05) is 42.5 Å². The fraction of sp³-hybridized carbons (Fsp3) is 0.350. The third kappa shape index (κ3) is 4.14. The lowest BCUT2D eigenvalue weighted by atomic mass is 9.83. The molecule has 7 heteroatoms. The first-order valence-electron chi connectivity index (χ1n) is 8.63. The molecule has 27 heavy (non-hydrogen) atoms. The normalized spacial score (nSPS) is 18.8. The number of piperidine rings is 1. The minimum absolute atomic E-state index is 0.158. The van der Waals surface area contributed by atoms with E-state index in [1.807, 2.05) is 0 Å². The molecule has 0 aliphatic carbocycles. The second-order valence-corrected chi connectivity index (χ2v) is 6.80. The molecule has 1 heterocycles. The quantitative estimate of drug-likeness (QED) is 0.848. The molecule has 2 aromatic rings. The Morgan fingerprint density at radius 1 is 1.04 bits per heavy atom. The maximum absolute atomic E-state index is 12.9. The Kier molecular flexibility index (Phi) is 5.26. The van der Waals surface area contributed by atoms with Crippen LogP contribution in [0.15, 0.2) is 54.6 Å². The summed E-state index contributed by atoms with van der Waals surface area (Å²) in [6, 6.07) is 12.6. The highest BCUT2D eigenvalue weighted by Crippen LogP contribution is 2.38. The Balaban J connectivity index is 1.79. The zero-order chi connectivity index (χ0) is 19.7. The molecule has 3 rings (SSSR count). The van der Waals surface area contributed by atoms with E-state index in [2.05, 4.69) is 0 Å². The maximum atomic E-state index is 12.9. The molecular weight excluding hydrogens is 359 g/mol. The molecule has 1 aliphatic rings. The van der Waals surface area contributed by atoms with Gasteiger partial charge in [-0.15, -0.1) is 0 Å². The van der Waals surface area contributed by atoms with Crippen LogP contribution in [0.1, 0.15) is 35.6 Å². The highest BCUT2D eigenvalue weighted by molar-refractivity contribution is 5.75. The predicted octanol–water partition coefficient (Wildman–Crippen LogP) is 3.81. The minimum atomic E-state index is -4.48. The summed E-state index contributed by atoms with van der Waals surface area (Å²) in [4.78, 5) is 13.5. The first-order chi connectivity index (χ1) is 12.7. The Morgan fingerprint density at radius 3 is 2.22 bits per heavy atom. The van der Waals surface area contributed by atoms with E-state index in [9.17, 15) is 28.2 Å². The van der Waals surface area contributed by atoms with Crippen molar-refractivity contribution in [1.29, 1.82) is 0 Å². The zero-order valence-corrected chi connectivity index (χ0v) is 14.5. The first-order valence-corrected chi connectivity index (χ1v) is 8.63. The third-order valence-corrected chi connectivity index (χ3v) is 5.07. The van der Waals surface area contributed by atoms with E-state index in [-0.39, 0.29) is 31.5 Å². The number of carbonyl (C=O) groups is 1. The molecule has 2 N–H and O–H groups in total. The van der Waals surface area contributed by atoms with Gasteiger partial charge in [-0.05, 0) is 36.1 Å². The summed E-state index contributed by atoms with van der Waals surface area (Å²) in [6.45, 7) is 0.525. The summed E-state index contributed by atoms with van der Waals surface area (Å²) in [5, 5.41) is 20.5. The van der Waals surface area contributed by atoms with Gasteiger partial charge in [-0.25, -0.2) is 0 Å². The fourth-order valence-corrected chi connectivity index (χ4v) is 3.57. The van der Waals surface area contributed by atoms with Crippen molar-refractivity contribution in [3.8, 4) is 0 Å². The first kappa shape index (κ1) is 19.4. The molecule has 0 saturated carbocycles. The highest BCUT2D eigenvalue weighted by Gasteiger charge is 2.39. The molecule has 144 valence electrons. The predicted molar refractivity (Wildman–Crippen MR) is 93.0 cm³/mol. The molecule has 4 nitrogen and oxygen atoms in total. The van der Waals surface area contributed by atoms with Gasteiger partial charge in [0.15, 0.2) is 0 Å². The van der Waals surface area contributed by atoms with Crippen LogP contribution in [0.25, 0.3) is 0 Å². The number of benzene rings is 2. The van der Waals surface area contributed by atoms with Crippen LogP contribution in [-0.2, 0) is 16.6 Å². The van der Waals surface area contributed by atoms with Crippen LogP contribution in [0.4, 0.5) is 13.2 Å². The molecule has 1 fully saturated rings. The highest BCUT2D eigenvalue weighted by atomic mass is 19.4. The number of aliphatic carboxylic acids is 1. The molecule has 0 aromatic heterocycles. The molecule has 1 saturated heterocycles. The lowest BCUT2D eigenvalue weighted by Gasteiger charge is -2.41. The van der Waals surface area contributed by atoms with E-state index in [0.29, 0.717) is 5.56 Å². The minimum Gasteiger partial charge on any atom is -0.480 e. The molecule has 0 spiro atoms. The van der Waals surface area contributed by atoms with E-state index in [4.69, 9.17) is 0 Å². The number of halogens is 3. The number of carboxylic acids is 1. The van der Waals surface area contributed by atoms with Gasteiger partial charge in [0.25, 0.3) is 0 Å². The summed E-state index contributed by atoms with van der Waals surface area (Å²) >= 11 is 0. The topological polar surface area (TPSA) is 60.8 Å². The zero-order valence-electron chi connectivity index (χ0n) is 14.5. The van der Waals surface area contributed by atoms with E-state index < -0.39 is 29.4 Å². The van der Waals surface area contributed by atoms with Gasteiger partial charge in [-0.2, -0.15) is 13.2 Å². The summed E-state index contributed by atoms with van der Waals surface area (Å²) in [6.07, 6.45) is -4.16. The fourth-order valence-electron chi connectivity index (χ4n) is 3.57. The number of carboxylic acid groups (broad SMARTS) is 1. The van der Waals surface area contributed by atoms with Gasteiger partial charge in [0.05, 0.1) is 11.2 Å². The SMILES string of the molecule is O=C(O)C(c1ccccc1)N1CCC(O)(c2cccc(C(F)(F)F)c2)CC1. The van der Waals surface area contributed by atoms with Crippen LogP contribution in [0.2, 0.25) is 0 Å². The molecule has 1 unspecified atom stereocenters. The molecular formula is C20H20F3NO3. The van der Waals surface area contributed by atoms with Gasteiger partial charge in [0, 0.05) is 13.1 Å². The molecule has 1 atom stereocenters. The van der Waals surface area contributed by atoms with Crippen LogP contribution < -0.4 is 0 Å². The number of nitrogens with zero attached hydrogens (tertiary/aromatic N) is 1. The van der Waals surface area contributed by atoms with Gasteiger partial charge < -0.3 is 10.2 Å². The number of likely N-dealkylation sites (tertiary alicyclic amines) is 1. The summed E-state index contributed by atoms with van der Waals surface area (Å²) in [5.41, 5.74) is -1.36. The van der Waals surface area contributed by atoms with Crippen LogP contribution >= 0.6 is 0 Å². The van der Waals surface area contributed by atoms with Crippen LogP contribution in [-0.4, -0.2) is 34.2 Å². The van der Waals surface area contributed by atoms with E-state index in [1.54, 1.807) is 35.2 Å². The molecule has 2 aromatic carbocycles. The Labute approximate surface area is 154 Å².